The van der Waals surface area contributed by atoms with Crippen molar-refractivity contribution in [3.05, 3.63) is 34.4 Å². The van der Waals surface area contributed by atoms with E-state index < -0.39 is 0 Å². The van der Waals surface area contributed by atoms with Gasteiger partial charge in [0.15, 0.2) is 0 Å². The van der Waals surface area contributed by atoms with Crippen LogP contribution in [0.2, 0.25) is 0 Å². The SMILES string of the molecule is Brc1cccc2[nH]cc(CCI)c12. The Balaban J connectivity index is 2.64. The third-order valence-corrected chi connectivity index (χ3v) is 3.30. The van der Waals surface area contributed by atoms with Crippen LogP contribution in [0.1, 0.15) is 5.56 Å². The van der Waals surface area contributed by atoms with Gasteiger partial charge in [0.2, 0.25) is 0 Å². The van der Waals surface area contributed by atoms with Gasteiger partial charge >= 0.3 is 0 Å². The fourth-order valence-electron chi connectivity index (χ4n) is 1.51. The highest BCUT2D eigenvalue weighted by Crippen LogP contribution is 2.27. The summed E-state index contributed by atoms with van der Waals surface area (Å²) in [6.07, 6.45) is 3.23. The van der Waals surface area contributed by atoms with E-state index in [1.807, 2.05) is 0 Å². The van der Waals surface area contributed by atoms with Gasteiger partial charge in [-0.15, -0.1) is 0 Å². The van der Waals surface area contributed by atoms with Crippen LogP contribution in [0, 0.1) is 0 Å². The first-order valence-corrected chi connectivity index (χ1v) is 6.45. The number of H-pyrrole nitrogens is 1. The minimum absolute atomic E-state index is 1.13. The quantitative estimate of drug-likeness (QED) is 0.625. The van der Waals surface area contributed by atoms with Gasteiger partial charge in [0, 0.05) is 26.0 Å². The number of fused-ring (bicyclic) bond motifs is 1. The van der Waals surface area contributed by atoms with Crippen molar-refractivity contribution in [1.29, 1.82) is 0 Å². The monoisotopic (exact) mass is 349 g/mol. The second kappa shape index (κ2) is 4.00. The van der Waals surface area contributed by atoms with E-state index in [-0.39, 0.29) is 0 Å². The molecule has 0 unspecified atom stereocenters. The van der Waals surface area contributed by atoms with Crippen molar-refractivity contribution in [2.75, 3.05) is 4.43 Å². The van der Waals surface area contributed by atoms with Gasteiger partial charge in [-0.2, -0.15) is 0 Å². The lowest BCUT2D eigenvalue weighted by atomic mass is 10.1. The molecule has 68 valence electrons. The molecular weight excluding hydrogens is 341 g/mol. The van der Waals surface area contributed by atoms with Crippen molar-refractivity contribution in [3.8, 4) is 0 Å². The highest BCUT2D eigenvalue weighted by molar-refractivity contribution is 14.1. The number of halogens is 2. The minimum Gasteiger partial charge on any atom is -0.361 e. The van der Waals surface area contributed by atoms with E-state index in [1.54, 1.807) is 0 Å². The van der Waals surface area contributed by atoms with Crippen molar-refractivity contribution < 1.29 is 0 Å². The van der Waals surface area contributed by atoms with E-state index in [2.05, 4.69) is 67.9 Å². The number of aromatic amines is 1. The van der Waals surface area contributed by atoms with Crippen LogP contribution in [0.15, 0.2) is 28.9 Å². The molecule has 0 atom stereocenters. The normalized spacial score (nSPS) is 10.9. The number of aryl methyl sites for hydroxylation is 1. The Bertz CT molecular complexity index is 422. The second-order valence-corrected chi connectivity index (χ2v) is 4.85. The molecule has 1 heterocycles. The van der Waals surface area contributed by atoms with E-state index in [0.717, 1.165) is 10.8 Å². The van der Waals surface area contributed by atoms with Gasteiger partial charge in [-0.1, -0.05) is 44.6 Å². The molecule has 0 spiro atoms. The molecule has 1 aromatic heterocycles. The molecule has 0 saturated carbocycles. The maximum Gasteiger partial charge on any atom is 0.0468 e. The Hall–Kier alpha value is -0.0300. The summed E-state index contributed by atoms with van der Waals surface area (Å²) in [5, 5.41) is 1.33. The smallest absolute Gasteiger partial charge is 0.0468 e. The third kappa shape index (κ3) is 1.76. The van der Waals surface area contributed by atoms with Gasteiger partial charge in [-0.25, -0.2) is 0 Å². The first-order chi connectivity index (χ1) is 6.33. The molecule has 1 aromatic carbocycles. The van der Waals surface area contributed by atoms with Crippen molar-refractivity contribution in [3.63, 3.8) is 0 Å². The summed E-state index contributed by atoms with van der Waals surface area (Å²) in [6, 6.07) is 6.25. The Labute approximate surface area is 99.2 Å². The molecule has 1 nitrogen and oxygen atoms in total. The highest BCUT2D eigenvalue weighted by Gasteiger charge is 2.05. The lowest BCUT2D eigenvalue weighted by molar-refractivity contribution is 1.19. The number of nitrogens with one attached hydrogen (secondary N) is 1. The molecule has 0 bridgehead atoms. The van der Waals surface area contributed by atoms with Crippen molar-refractivity contribution in [2.45, 2.75) is 6.42 Å². The molecule has 3 heteroatoms. The molecule has 0 aliphatic rings. The minimum atomic E-state index is 1.13. The molecule has 0 fully saturated rings. The highest BCUT2D eigenvalue weighted by atomic mass is 127. The predicted molar refractivity (Wildman–Crippen MR) is 68.6 cm³/mol. The molecule has 0 aliphatic heterocycles. The van der Waals surface area contributed by atoms with E-state index >= 15 is 0 Å². The fourth-order valence-corrected chi connectivity index (χ4v) is 2.71. The van der Waals surface area contributed by atoms with E-state index in [0.29, 0.717) is 0 Å². The summed E-state index contributed by atoms with van der Waals surface area (Å²) in [6.45, 7) is 0. The average molecular weight is 350 g/mol. The Morgan fingerprint density at radius 3 is 3.00 bits per heavy atom. The number of hydrogen-bond donors (Lipinski definition) is 1. The maximum absolute atomic E-state index is 3.57. The zero-order valence-electron chi connectivity index (χ0n) is 6.98. The standard InChI is InChI=1S/C10H9BrIN/c11-8-2-1-3-9-10(8)7(4-5-12)6-13-9/h1-3,6,13H,4-5H2. The summed E-state index contributed by atoms with van der Waals surface area (Å²) in [4.78, 5) is 3.28. The van der Waals surface area contributed by atoms with Crippen LogP contribution in [0.5, 0.6) is 0 Å². The van der Waals surface area contributed by atoms with E-state index in [9.17, 15) is 0 Å². The lowest BCUT2D eigenvalue weighted by Gasteiger charge is -1.97. The molecule has 0 radical (unpaired) electrons. The van der Waals surface area contributed by atoms with Gasteiger partial charge in [-0.05, 0) is 24.1 Å². The number of alkyl halides is 1. The summed E-state index contributed by atoms with van der Waals surface area (Å²) in [7, 11) is 0. The molecule has 13 heavy (non-hydrogen) atoms. The van der Waals surface area contributed by atoms with Crippen LogP contribution < -0.4 is 0 Å². The molecule has 0 aliphatic carbocycles. The summed E-state index contributed by atoms with van der Waals surface area (Å²) in [5.41, 5.74) is 2.62. The number of hydrogen-bond acceptors (Lipinski definition) is 0. The first kappa shape index (κ1) is 9.52. The number of rotatable bonds is 2. The summed E-state index contributed by atoms with van der Waals surface area (Å²) < 4.78 is 2.34. The number of aromatic nitrogens is 1. The Morgan fingerprint density at radius 2 is 2.23 bits per heavy atom. The van der Waals surface area contributed by atoms with Crippen LogP contribution in [0.3, 0.4) is 0 Å². The Kier molecular flexibility index (Phi) is 2.93. The van der Waals surface area contributed by atoms with Gasteiger partial charge in [0.05, 0.1) is 0 Å². The molecule has 2 rings (SSSR count). The zero-order chi connectivity index (χ0) is 9.26. The van der Waals surface area contributed by atoms with Gasteiger partial charge in [0.25, 0.3) is 0 Å². The van der Waals surface area contributed by atoms with Crippen LogP contribution in [-0.4, -0.2) is 9.41 Å². The Morgan fingerprint density at radius 1 is 1.38 bits per heavy atom. The molecule has 1 N–H and O–H groups in total. The predicted octanol–water partition coefficient (Wildman–Crippen LogP) is 3.91. The van der Waals surface area contributed by atoms with Gasteiger partial charge < -0.3 is 4.98 Å². The summed E-state index contributed by atoms with van der Waals surface area (Å²) in [5.74, 6) is 0. The summed E-state index contributed by atoms with van der Waals surface area (Å²) >= 11 is 5.98. The van der Waals surface area contributed by atoms with Crippen molar-refractivity contribution in [1.82, 2.24) is 4.98 Å². The topological polar surface area (TPSA) is 15.8 Å². The second-order valence-electron chi connectivity index (χ2n) is 2.92. The van der Waals surface area contributed by atoms with Crippen molar-refractivity contribution in [2.24, 2.45) is 0 Å². The van der Waals surface area contributed by atoms with E-state index in [4.69, 9.17) is 0 Å². The van der Waals surface area contributed by atoms with Gasteiger partial charge in [0.1, 0.15) is 0 Å². The first-order valence-electron chi connectivity index (χ1n) is 4.13. The molecule has 0 amide bonds. The van der Waals surface area contributed by atoms with E-state index in [1.165, 1.54) is 20.9 Å². The van der Waals surface area contributed by atoms with Crippen LogP contribution >= 0.6 is 38.5 Å². The average Bonchev–Trinajstić information content (AvgIpc) is 2.51. The maximum atomic E-state index is 3.57. The largest absolute Gasteiger partial charge is 0.361 e. The van der Waals surface area contributed by atoms with Crippen LogP contribution in [0.25, 0.3) is 10.9 Å². The van der Waals surface area contributed by atoms with Crippen LogP contribution in [-0.2, 0) is 6.42 Å². The van der Waals surface area contributed by atoms with Crippen LogP contribution in [0.4, 0.5) is 0 Å². The lowest BCUT2D eigenvalue weighted by Crippen LogP contribution is -1.82. The molecular formula is C10H9BrIN. The molecule has 2 aromatic rings. The van der Waals surface area contributed by atoms with Gasteiger partial charge in [-0.3, -0.25) is 0 Å². The fraction of sp³-hybridized carbons (Fsp3) is 0.200. The number of benzene rings is 1. The molecule has 0 saturated heterocycles. The van der Waals surface area contributed by atoms with Crippen molar-refractivity contribution >= 4 is 49.4 Å². The third-order valence-electron chi connectivity index (χ3n) is 2.10. The zero-order valence-corrected chi connectivity index (χ0v) is 10.7.